The molecule has 0 aliphatic heterocycles. The highest BCUT2D eigenvalue weighted by Gasteiger charge is 2.22. The fraction of sp³-hybridized carbons (Fsp3) is 0.0870. The number of ether oxygens (including phenoxy) is 1. The predicted octanol–water partition coefficient (Wildman–Crippen LogP) is 5.44. The van der Waals surface area contributed by atoms with Crippen LogP contribution in [0.25, 0.3) is 10.9 Å². The van der Waals surface area contributed by atoms with Crippen molar-refractivity contribution in [2.75, 3.05) is 0 Å². The maximum absolute atomic E-state index is 15.0. The number of aromatic nitrogens is 1. The summed E-state index contributed by atoms with van der Waals surface area (Å²) in [5.74, 6) is -1.53. The van der Waals surface area contributed by atoms with Crippen molar-refractivity contribution in [2.45, 2.75) is 18.7 Å². The van der Waals surface area contributed by atoms with Crippen LogP contribution >= 0.6 is 0 Å². The van der Waals surface area contributed by atoms with Gasteiger partial charge >= 0.3 is 0 Å². The first-order valence-electron chi connectivity index (χ1n) is 9.22. The molecule has 5 nitrogen and oxygen atoms in total. The summed E-state index contributed by atoms with van der Waals surface area (Å²) in [7, 11) is -3.93. The van der Waals surface area contributed by atoms with Gasteiger partial charge in [0.15, 0.2) is 11.6 Å². The fourth-order valence-electron chi connectivity index (χ4n) is 3.30. The smallest absolute Gasteiger partial charge is 0.268 e. The highest BCUT2D eigenvalue weighted by Crippen LogP contribution is 2.36. The van der Waals surface area contributed by atoms with E-state index in [1.165, 1.54) is 30.5 Å². The Balaban J connectivity index is 1.81. The highest BCUT2D eigenvalue weighted by atomic mass is 32.2. The molecule has 0 fully saturated rings. The molecule has 0 amide bonds. The molecule has 4 aromatic rings. The Morgan fingerprint density at radius 3 is 2.35 bits per heavy atom. The summed E-state index contributed by atoms with van der Waals surface area (Å²) in [4.78, 5) is 0.0873. The van der Waals surface area contributed by atoms with Gasteiger partial charge in [0.2, 0.25) is 0 Å². The van der Waals surface area contributed by atoms with Crippen LogP contribution in [0.15, 0.2) is 65.7 Å². The number of hydrogen-bond acceptors (Lipinski definition) is 4. The minimum Gasteiger partial charge on any atom is -0.454 e. The molecule has 0 radical (unpaired) electrons. The lowest BCUT2D eigenvalue weighted by Crippen LogP contribution is -2.12. The van der Waals surface area contributed by atoms with Crippen LogP contribution in [0.3, 0.4) is 0 Å². The Bertz CT molecular complexity index is 1470. The quantitative estimate of drug-likeness (QED) is 0.426. The molecule has 0 atom stereocenters. The fourth-order valence-corrected chi connectivity index (χ4v) is 4.64. The van der Waals surface area contributed by atoms with E-state index >= 15 is 0 Å². The maximum Gasteiger partial charge on any atom is 0.268 e. The number of aryl methyl sites for hydroxylation is 2. The van der Waals surface area contributed by atoms with Crippen molar-refractivity contribution in [2.24, 2.45) is 0 Å². The minimum atomic E-state index is -3.93. The molecule has 0 saturated carbocycles. The second-order valence-electron chi connectivity index (χ2n) is 7.03. The van der Waals surface area contributed by atoms with Crippen molar-refractivity contribution in [1.29, 1.82) is 5.26 Å². The lowest BCUT2D eigenvalue weighted by atomic mass is 10.1. The topological polar surface area (TPSA) is 72.1 Å². The first-order chi connectivity index (χ1) is 14.7. The Morgan fingerprint density at radius 2 is 1.68 bits per heavy atom. The van der Waals surface area contributed by atoms with E-state index in [4.69, 9.17) is 10.00 Å². The van der Waals surface area contributed by atoms with E-state index in [2.05, 4.69) is 0 Å². The lowest BCUT2D eigenvalue weighted by Gasteiger charge is -2.13. The predicted molar refractivity (Wildman–Crippen MR) is 112 cm³/mol. The number of rotatable bonds is 4. The first-order valence-corrected chi connectivity index (χ1v) is 10.7. The van der Waals surface area contributed by atoms with E-state index in [-0.39, 0.29) is 27.5 Å². The van der Waals surface area contributed by atoms with Gasteiger partial charge in [0.05, 0.1) is 16.0 Å². The third-order valence-corrected chi connectivity index (χ3v) is 6.68. The van der Waals surface area contributed by atoms with Crippen molar-refractivity contribution < 1.29 is 21.9 Å². The molecule has 0 bridgehead atoms. The Kier molecular flexibility index (Phi) is 4.99. The SMILES string of the molecule is Cc1ccc(S(=O)(=O)n2ccc3c(C)c(Oc4ccc(F)c(C#N)c4)c(F)cc32)cc1. The summed E-state index contributed by atoms with van der Waals surface area (Å²) in [6, 6.07) is 14.2. The number of fused-ring (bicyclic) bond motifs is 1. The Labute approximate surface area is 177 Å². The lowest BCUT2D eigenvalue weighted by molar-refractivity contribution is 0.438. The summed E-state index contributed by atoms with van der Waals surface area (Å²) >= 11 is 0. The molecule has 4 rings (SSSR count). The van der Waals surface area contributed by atoms with E-state index in [1.807, 2.05) is 6.92 Å². The van der Waals surface area contributed by atoms with Gasteiger partial charge in [-0.3, -0.25) is 0 Å². The molecule has 0 unspecified atom stereocenters. The number of nitriles is 1. The molecule has 0 aliphatic rings. The van der Waals surface area contributed by atoms with Gasteiger partial charge in [0, 0.05) is 29.3 Å². The molecule has 0 N–H and O–H groups in total. The van der Waals surface area contributed by atoms with Gasteiger partial charge in [-0.25, -0.2) is 21.2 Å². The van der Waals surface area contributed by atoms with E-state index in [0.717, 1.165) is 21.7 Å². The zero-order valence-corrected chi connectivity index (χ0v) is 17.4. The zero-order chi connectivity index (χ0) is 22.3. The summed E-state index contributed by atoms with van der Waals surface area (Å²) in [5.41, 5.74) is 1.22. The second-order valence-corrected chi connectivity index (χ2v) is 8.85. The van der Waals surface area contributed by atoms with Crippen molar-refractivity contribution in [3.05, 3.63) is 89.1 Å². The van der Waals surface area contributed by atoms with Crippen LogP contribution in [0.2, 0.25) is 0 Å². The Hall–Kier alpha value is -3.70. The third-order valence-electron chi connectivity index (χ3n) is 4.97. The van der Waals surface area contributed by atoms with Gasteiger partial charge < -0.3 is 4.74 Å². The van der Waals surface area contributed by atoms with Gasteiger partial charge in [-0.05, 0) is 44.2 Å². The summed E-state index contributed by atoms with van der Waals surface area (Å²) in [5, 5.41) is 9.45. The molecule has 1 aromatic heterocycles. The average Bonchev–Trinajstić information content (AvgIpc) is 3.17. The standard InChI is InChI=1S/C23H16F2N2O3S/c1-14-3-6-18(7-4-14)31(28,29)27-10-9-19-15(2)23(21(25)12-22(19)27)30-17-5-8-20(24)16(11-17)13-26/h3-12H,1-2H3. The number of halogens is 2. The molecule has 0 spiro atoms. The molecular formula is C23H16F2N2O3S. The van der Waals surface area contributed by atoms with Crippen LogP contribution in [0.5, 0.6) is 11.5 Å². The molecule has 156 valence electrons. The van der Waals surface area contributed by atoms with Gasteiger partial charge in [0.25, 0.3) is 10.0 Å². The van der Waals surface area contributed by atoms with E-state index in [9.17, 15) is 17.2 Å². The first kappa shape index (κ1) is 20.6. The maximum atomic E-state index is 15.0. The number of nitrogens with zero attached hydrogens (tertiary/aromatic N) is 2. The molecule has 8 heteroatoms. The van der Waals surface area contributed by atoms with Crippen LogP contribution < -0.4 is 4.74 Å². The second kappa shape index (κ2) is 7.52. The van der Waals surface area contributed by atoms with Gasteiger partial charge in [-0.1, -0.05) is 17.7 Å². The van der Waals surface area contributed by atoms with Crippen molar-refractivity contribution in [3.8, 4) is 17.6 Å². The molecule has 31 heavy (non-hydrogen) atoms. The number of benzene rings is 3. The zero-order valence-electron chi connectivity index (χ0n) is 16.6. The third kappa shape index (κ3) is 3.53. The summed E-state index contributed by atoms with van der Waals surface area (Å²) in [6.07, 6.45) is 1.36. The van der Waals surface area contributed by atoms with Crippen LogP contribution in [0.1, 0.15) is 16.7 Å². The van der Waals surface area contributed by atoms with Crippen LogP contribution in [-0.2, 0) is 10.0 Å². The molecule has 0 aliphatic carbocycles. The molecular weight excluding hydrogens is 422 g/mol. The van der Waals surface area contributed by atoms with Crippen LogP contribution in [0, 0.1) is 36.8 Å². The van der Waals surface area contributed by atoms with E-state index in [0.29, 0.717) is 10.9 Å². The Morgan fingerprint density at radius 1 is 0.968 bits per heavy atom. The van der Waals surface area contributed by atoms with Crippen molar-refractivity contribution in [3.63, 3.8) is 0 Å². The van der Waals surface area contributed by atoms with Crippen molar-refractivity contribution >= 4 is 20.9 Å². The normalized spacial score (nSPS) is 11.5. The largest absolute Gasteiger partial charge is 0.454 e. The van der Waals surface area contributed by atoms with Crippen LogP contribution in [0.4, 0.5) is 8.78 Å². The monoisotopic (exact) mass is 438 g/mol. The summed E-state index contributed by atoms with van der Waals surface area (Å²) in [6.45, 7) is 3.45. The van der Waals surface area contributed by atoms with Gasteiger partial charge in [-0.15, -0.1) is 0 Å². The highest BCUT2D eigenvalue weighted by molar-refractivity contribution is 7.90. The van der Waals surface area contributed by atoms with E-state index < -0.39 is 21.7 Å². The van der Waals surface area contributed by atoms with Gasteiger partial charge in [-0.2, -0.15) is 5.26 Å². The molecule has 1 heterocycles. The number of hydrogen-bond donors (Lipinski definition) is 0. The molecule has 3 aromatic carbocycles. The van der Waals surface area contributed by atoms with Crippen LogP contribution in [-0.4, -0.2) is 12.4 Å². The van der Waals surface area contributed by atoms with Crippen molar-refractivity contribution in [1.82, 2.24) is 3.97 Å². The summed E-state index contributed by atoms with van der Waals surface area (Å²) < 4.78 is 61.2. The van der Waals surface area contributed by atoms with Gasteiger partial charge in [0.1, 0.15) is 17.6 Å². The van der Waals surface area contributed by atoms with E-state index in [1.54, 1.807) is 31.2 Å². The molecule has 0 saturated heterocycles. The average molecular weight is 438 g/mol. The minimum absolute atomic E-state index is 0.0873.